The maximum absolute atomic E-state index is 5.34. The lowest BCUT2D eigenvalue weighted by atomic mass is 9.90. The Morgan fingerprint density at radius 3 is 2.44 bits per heavy atom. The van der Waals surface area contributed by atoms with Gasteiger partial charge >= 0.3 is 0 Å². The van der Waals surface area contributed by atoms with Crippen LogP contribution in [-0.2, 0) is 4.74 Å². The van der Waals surface area contributed by atoms with Crippen LogP contribution >= 0.6 is 0 Å². The summed E-state index contributed by atoms with van der Waals surface area (Å²) in [7, 11) is 3.92. The van der Waals surface area contributed by atoms with E-state index in [2.05, 4.69) is 31.1 Å². The predicted molar refractivity (Wildman–Crippen MR) is 78.1 cm³/mol. The first-order valence-electron chi connectivity index (χ1n) is 7.66. The van der Waals surface area contributed by atoms with E-state index in [1.165, 1.54) is 38.5 Å². The highest BCUT2D eigenvalue weighted by molar-refractivity contribution is 4.87. The fourth-order valence-electron chi connectivity index (χ4n) is 3.41. The van der Waals surface area contributed by atoms with Gasteiger partial charge in [-0.3, -0.25) is 4.90 Å². The molecule has 3 heteroatoms. The van der Waals surface area contributed by atoms with Crippen molar-refractivity contribution in [1.82, 2.24) is 10.2 Å². The molecule has 0 aliphatic heterocycles. The summed E-state index contributed by atoms with van der Waals surface area (Å²) in [6.07, 6.45) is 8.20. The van der Waals surface area contributed by atoms with E-state index < -0.39 is 0 Å². The Morgan fingerprint density at radius 1 is 1.22 bits per heavy atom. The first kappa shape index (κ1) is 15.9. The number of hydrogen-bond acceptors (Lipinski definition) is 3. The van der Waals surface area contributed by atoms with E-state index in [1.54, 1.807) is 7.11 Å². The number of nitrogens with one attached hydrogen (secondary N) is 1. The zero-order chi connectivity index (χ0) is 13.4. The molecule has 3 unspecified atom stereocenters. The SMILES string of the molecule is CCN(C(C)COC)C1CCCCCCC1NC. The molecule has 1 aliphatic carbocycles. The number of hydrogen-bond donors (Lipinski definition) is 1. The van der Waals surface area contributed by atoms with Crippen LogP contribution in [0.25, 0.3) is 0 Å². The van der Waals surface area contributed by atoms with Gasteiger partial charge in [-0.1, -0.05) is 32.6 Å². The Labute approximate surface area is 113 Å². The average Bonchev–Trinajstić information content (AvgIpc) is 2.33. The molecule has 0 amide bonds. The first-order chi connectivity index (χ1) is 8.74. The van der Waals surface area contributed by atoms with E-state index in [1.807, 2.05) is 0 Å². The largest absolute Gasteiger partial charge is 0.383 e. The lowest BCUT2D eigenvalue weighted by Crippen LogP contribution is -2.53. The lowest BCUT2D eigenvalue weighted by molar-refractivity contribution is 0.0513. The molecular weight excluding hydrogens is 224 g/mol. The molecule has 3 nitrogen and oxygen atoms in total. The third kappa shape index (κ3) is 4.52. The van der Waals surface area contributed by atoms with Crippen LogP contribution in [0.4, 0.5) is 0 Å². The van der Waals surface area contributed by atoms with Gasteiger partial charge in [0.25, 0.3) is 0 Å². The smallest absolute Gasteiger partial charge is 0.0615 e. The molecule has 1 N–H and O–H groups in total. The maximum Gasteiger partial charge on any atom is 0.0615 e. The van der Waals surface area contributed by atoms with Crippen molar-refractivity contribution >= 4 is 0 Å². The van der Waals surface area contributed by atoms with Gasteiger partial charge in [0.15, 0.2) is 0 Å². The molecule has 3 atom stereocenters. The Morgan fingerprint density at radius 2 is 1.89 bits per heavy atom. The molecule has 0 spiro atoms. The van der Waals surface area contributed by atoms with Crippen LogP contribution in [0.2, 0.25) is 0 Å². The number of rotatable bonds is 6. The van der Waals surface area contributed by atoms with Crippen molar-refractivity contribution in [2.75, 3.05) is 27.3 Å². The highest BCUT2D eigenvalue weighted by Gasteiger charge is 2.29. The fraction of sp³-hybridized carbons (Fsp3) is 1.00. The van der Waals surface area contributed by atoms with Gasteiger partial charge in [0.1, 0.15) is 0 Å². The molecule has 0 heterocycles. The average molecular weight is 256 g/mol. The van der Waals surface area contributed by atoms with Gasteiger partial charge in [-0.25, -0.2) is 0 Å². The number of ether oxygens (including phenoxy) is 1. The molecule has 1 aliphatic rings. The maximum atomic E-state index is 5.34. The molecular formula is C15H32N2O. The molecule has 0 aromatic carbocycles. The predicted octanol–water partition coefficient (Wildman–Crippen LogP) is 2.65. The summed E-state index contributed by atoms with van der Waals surface area (Å²) >= 11 is 0. The first-order valence-corrected chi connectivity index (χ1v) is 7.66. The van der Waals surface area contributed by atoms with Gasteiger partial charge in [0.05, 0.1) is 6.61 Å². The third-order valence-electron chi connectivity index (χ3n) is 4.37. The molecule has 1 saturated carbocycles. The summed E-state index contributed by atoms with van der Waals surface area (Å²) < 4.78 is 5.34. The van der Waals surface area contributed by atoms with Crippen LogP contribution in [0.15, 0.2) is 0 Å². The summed E-state index contributed by atoms with van der Waals surface area (Å²) in [6.45, 7) is 6.52. The second-order valence-electron chi connectivity index (χ2n) is 5.59. The second kappa shape index (κ2) is 8.89. The van der Waals surface area contributed by atoms with Crippen molar-refractivity contribution in [2.45, 2.75) is 70.5 Å². The summed E-state index contributed by atoms with van der Waals surface area (Å²) in [6, 6.07) is 1.83. The highest BCUT2D eigenvalue weighted by atomic mass is 16.5. The minimum absolute atomic E-state index is 0.514. The van der Waals surface area contributed by atoms with Gasteiger partial charge in [0.2, 0.25) is 0 Å². The Balaban J connectivity index is 2.69. The third-order valence-corrected chi connectivity index (χ3v) is 4.37. The molecule has 0 aromatic heterocycles. The Hall–Kier alpha value is -0.120. The molecule has 0 radical (unpaired) electrons. The Kier molecular flexibility index (Phi) is 7.87. The minimum atomic E-state index is 0.514. The van der Waals surface area contributed by atoms with E-state index in [0.717, 1.165) is 13.2 Å². The van der Waals surface area contributed by atoms with Gasteiger partial charge in [-0.15, -0.1) is 0 Å². The van der Waals surface area contributed by atoms with Crippen molar-refractivity contribution in [3.8, 4) is 0 Å². The summed E-state index contributed by atoms with van der Waals surface area (Å²) in [4.78, 5) is 2.63. The van der Waals surface area contributed by atoms with Crippen LogP contribution < -0.4 is 5.32 Å². The van der Waals surface area contributed by atoms with Crippen LogP contribution in [0.5, 0.6) is 0 Å². The second-order valence-corrected chi connectivity index (χ2v) is 5.59. The number of likely N-dealkylation sites (N-methyl/N-ethyl adjacent to an activating group) is 2. The van der Waals surface area contributed by atoms with Gasteiger partial charge in [0, 0.05) is 25.2 Å². The molecule has 0 bridgehead atoms. The molecule has 1 fully saturated rings. The number of methoxy groups -OCH3 is 1. The van der Waals surface area contributed by atoms with Crippen LogP contribution in [0, 0.1) is 0 Å². The molecule has 1 rings (SSSR count). The van der Waals surface area contributed by atoms with E-state index in [0.29, 0.717) is 18.1 Å². The molecule has 108 valence electrons. The summed E-state index contributed by atoms with van der Waals surface area (Å²) in [5.41, 5.74) is 0. The molecule has 18 heavy (non-hydrogen) atoms. The molecule has 0 aromatic rings. The van der Waals surface area contributed by atoms with Crippen LogP contribution in [-0.4, -0.2) is 50.3 Å². The normalized spacial score (nSPS) is 27.8. The summed E-state index contributed by atoms with van der Waals surface area (Å²) in [5, 5.41) is 3.55. The zero-order valence-electron chi connectivity index (χ0n) is 12.7. The van der Waals surface area contributed by atoms with Crippen molar-refractivity contribution in [3.05, 3.63) is 0 Å². The van der Waals surface area contributed by atoms with E-state index in [4.69, 9.17) is 4.74 Å². The topological polar surface area (TPSA) is 24.5 Å². The lowest BCUT2D eigenvalue weighted by Gasteiger charge is -2.41. The summed E-state index contributed by atoms with van der Waals surface area (Å²) in [5.74, 6) is 0. The quantitative estimate of drug-likeness (QED) is 0.791. The van der Waals surface area contributed by atoms with Gasteiger partial charge < -0.3 is 10.1 Å². The van der Waals surface area contributed by atoms with Crippen molar-refractivity contribution in [2.24, 2.45) is 0 Å². The minimum Gasteiger partial charge on any atom is -0.383 e. The fourth-order valence-corrected chi connectivity index (χ4v) is 3.41. The van der Waals surface area contributed by atoms with Gasteiger partial charge in [-0.2, -0.15) is 0 Å². The zero-order valence-corrected chi connectivity index (χ0v) is 12.7. The van der Waals surface area contributed by atoms with E-state index >= 15 is 0 Å². The van der Waals surface area contributed by atoms with Gasteiger partial charge in [-0.05, 0) is 33.4 Å². The Bertz CT molecular complexity index is 211. The monoisotopic (exact) mass is 256 g/mol. The van der Waals surface area contributed by atoms with Crippen molar-refractivity contribution in [3.63, 3.8) is 0 Å². The van der Waals surface area contributed by atoms with Crippen LogP contribution in [0.3, 0.4) is 0 Å². The van der Waals surface area contributed by atoms with Crippen LogP contribution in [0.1, 0.15) is 52.4 Å². The standard InChI is InChI=1S/C15H32N2O/c1-5-17(13(2)12-18-4)15-11-9-7-6-8-10-14(15)16-3/h13-16H,5-12H2,1-4H3. The van der Waals surface area contributed by atoms with E-state index in [9.17, 15) is 0 Å². The highest BCUT2D eigenvalue weighted by Crippen LogP contribution is 2.23. The van der Waals surface area contributed by atoms with Crippen molar-refractivity contribution < 1.29 is 4.74 Å². The molecule has 0 saturated heterocycles. The van der Waals surface area contributed by atoms with E-state index in [-0.39, 0.29) is 0 Å². The number of nitrogens with zero attached hydrogens (tertiary/aromatic N) is 1. The van der Waals surface area contributed by atoms with Crippen molar-refractivity contribution in [1.29, 1.82) is 0 Å².